The van der Waals surface area contributed by atoms with Crippen molar-refractivity contribution in [3.8, 4) is 0 Å². The third-order valence-electron chi connectivity index (χ3n) is 10.5. The topological polar surface area (TPSA) is 166 Å². The van der Waals surface area contributed by atoms with E-state index in [-0.39, 0.29) is 69.2 Å². The number of piperidine rings is 1. The molecule has 0 aromatic heterocycles. The Kier molecular flexibility index (Phi) is 13.5. The number of amides is 6. The second kappa shape index (κ2) is 16.4. The van der Waals surface area contributed by atoms with Gasteiger partial charge >= 0.3 is 18.3 Å². The van der Waals surface area contributed by atoms with Gasteiger partial charge in [-0.05, 0) is 40.9 Å². The molecule has 6 amide bonds. The summed E-state index contributed by atoms with van der Waals surface area (Å²) in [6.45, 7) is 19.6. The first kappa shape index (κ1) is 42.6. The highest BCUT2D eigenvalue weighted by Gasteiger charge is 2.70. The molecule has 294 valence electrons. The summed E-state index contributed by atoms with van der Waals surface area (Å²) in [5.74, 6) is -3.38. The molecule has 3 aliphatic rings. The molecule has 1 unspecified atom stereocenters. The number of halogens is 3. The number of fused-ring (bicyclic) bond motifs is 1. The fourth-order valence-corrected chi connectivity index (χ4v) is 7.09. The molecule has 2 heterocycles. The number of Topliss-reactive ketones (excluding diaryl/α,β-unsaturated/α-hetero) is 1. The van der Waals surface area contributed by atoms with Gasteiger partial charge in [-0.2, -0.15) is 13.2 Å². The summed E-state index contributed by atoms with van der Waals surface area (Å²) in [6, 6.07) is -4.57. The van der Waals surface area contributed by atoms with E-state index in [1.807, 2.05) is 34.6 Å². The summed E-state index contributed by atoms with van der Waals surface area (Å²) < 4.78 is 43.1. The molecular formula is C36H57F3N6O7. The van der Waals surface area contributed by atoms with Gasteiger partial charge in [0.1, 0.15) is 18.7 Å². The number of nitrogens with one attached hydrogen (secondary N) is 4. The van der Waals surface area contributed by atoms with Crippen LogP contribution in [0.15, 0.2) is 12.7 Å². The van der Waals surface area contributed by atoms with Gasteiger partial charge in [-0.25, -0.2) is 9.59 Å². The van der Waals surface area contributed by atoms with Crippen molar-refractivity contribution in [1.29, 1.82) is 0 Å². The van der Waals surface area contributed by atoms with Crippen molar-refractivity contribution in [1.82, 2.24) is 31.1 Å². The molecule has 0 spiro atoms. The Bertz CT molecular complexity index is 1370. The summed E-state index contributed by atoms with van der Waals surface area (Å²) in [6.07, 6.45) is -4.37. The molecule has 0 aromatic rings. The van der Waals surface area contributed by atoms with Crippen molar-refractivity contribution in [3.05, 3.63) is 12.7 Å². The van der Waals surface area contributed by atoms with Crippen LogP contribution in [0.1, 0.15) is 87.5 Å². The predicted octanol–water partition coefficient (Wildman–Crippen LogP) is 3.92. The Labute approximate surface area is 304 Å². The molecule has 3 fully saturated rings. The lowest BCUT2D eigenvalue weighted by molar-refractivity contribution is -0.145. The fourth-order valence-electron chi connectivity index (χ4n) is 7.09. The lowest BCUT2D eigenvalue weighted by Crippen LogP contribution is -2.62. The van der Waals surface area contributed by atoms with Crippen LogP contribution in [0.5, 0.6) is 0 Å². The summed E-state index contributed by atoms with van der Waals surface area (Å²) in [5, 5.41) is 10.8. The van der Waals surface area contributed by atoms with Gasteiger partial charge in [-0.1, -0.05) is 74.3 Å². The van der Waals surface area contributed by atoms with Crippen LogP contribution < -0.4 is 21.3 Å². The molecule has 4 N–H and O–H groups in total. The van der Waals surface area contributed by atoms with E-state index >= 15 is 0 Å². The van der Waals surface area contributed by atoms with Crippen LogP contribution in [-0.4, -0.2) is 109 Å². The van der Waals surface area contributed by atoms with Crippen molar-refractivity contribution in [3.63, 3.8) is 0 Å². The molecule has 1 aliphatic carbocycles. The van der Waals surface area contributed by atoms with Gasteiger partial charge in [0.2, 0.25) is 17.6 Å². The van der Waals surface area contributed by atoms with Gasteiger partial charge in [-0.15, -0.1) is 6.58 Å². The van der Waals surface area contributed by atoms with Crippen LogP contribution in [-0.2, 0) is 23.9 Å². The minimum absolute atomic E-state index is 0.00423. The molecule has 3 rings (SSSR count). The number of cyclic esters (lactones) is 1. The number of carbonyl (C=O) groups is 6. The van der Waals surface area contributed by atoms with Crippen LogP contribution in [0.2, 0.25) is 0 Å². The average Bonchev–Trinajstić information content (AvgIpc) is 3.35. The van der Waals surface area contributed by atoms with Crippen LogP contribution in [0.25, 0.3) is 0 Å². The van der Waals surface area contributed by atoms with E-state index in [2.05, 4.69) is 27.8 Å². The highest BCUT2D eigenvalue weighted by molar-refractivity contribution is 6.38. The van der Waals surface area contributed by atoms with Crippen LogP contribution in [0.3, 0.4) is 0 Å². The number of unbranched alkanes of at least 4 members (excludes halogenated alkanes) is 2. The number of rotatable bonds is 16. The van der Waals surface area contributed by atoms with Crippen molar-refractivity contribution in [2.75, 3.05) is 32.8 Å². The molecule has 13 nitrogen and oxygen atoms in total. The smallest absolute Gasteiger partial charge is 0.410 e. The number of carbonyl (C=O) groups excluding carboxylic acids is 6. The van der Waals surface area contributed by atoms with E-state index < -0.39 is 83.2 Å². The number of hydrogen-bond acceptors (Lipinski definition) is 7. The number of alkyl halides is 3. The van der Waals surface area contributed by atoms with E-state index in [1.54, 1.807) is 20.8 Å². The van der Waals surface area contributed by atoms with E-state index in [0.717, 1.165) is 0 Å². The van der Waals surface area contributed by atoms with Gasteiger partial charge < -0.3 is 35.8 Å². The molecule has 0 radical (unpaired) electrons. The molecule has 52 heavy (non-hydrogen) atoms. The zero-order valence-electron chi connectivity index (χ0n) is 31.7. The highest BCUT2D eigenvalue weighted by atomic mass is 19.4. The first-order valence-corrected chi connectivity index (χ1v) is 18.0. The number of hydrogen-bond donors (Lipinski definition) is 4. The van der Waals surface area contributed by atoms with Gasteiger partial charge in [0.15, 0.2) is 0 Å². The second-order valence-corrected chi connectivity index (χ2v) is 16.9. The van der Waals surface area contributed by atoms with Crippen molar-refractivity contribution >= 4 is 35.6 Å². The number of urea groups is 1. The lowest BCUT2D eigenvalue weighted by Gasteiger charge is -2.39. The molecule has 16 heteroatoms. The van der Waals surface area contributed by atoms with E-state index in [1.165, 1.54) is 15.9 Å². The van der Waals surface area contributed by atoms with Gasteiger partial charge in [-0.3, -0.25) is 19.2 Å². The number of ketones is 1. The zero-order valence-corrected chi connectivity index (χ0v) is 31.7. The van der Waals surface area contributed by atoms with Gasteiger partial charge in [0.25, 0.3) is 5.91 Å². The van der Waals surface area contributed by atoms with Crippen LogP contribution in [0, 0.1) is 28.1 Å². The van der Waals surface area contributed by atoms with Crippen molar-refractivity contribution in [2.45, 2.75) is 118 Å². The van der Waals surface area contributed by atoms with E-state index in [4.69, 9.17) is 4.74 Å². The number of ether oxygens (including phenoxy) is 1. The molecular weight excluding hydrogens is 685 g/mol. The van der Waals surface area contributed by atoms with Crippen LogP contribution in [0.4, 0.5) is 22.8 Å². The molecule has 1 saturated carbocycles. The third kappa shape index (κ3) is 10.8. The van der Waals surface area contributed by atoms with Crippen molar-refractivity contribution < 1.29 is 46.7 Å². The third-order valence-corrected chi connectivity index (χ3v) is 10.5. The highest BCUT2D eigenvalue weighted by Crippen LogP contribution is 2.65. The Balaban J connectivity index is 1.81. The Hall–Kier alpha value is -3.85. The van der Waals surface area contributed by atoms with E-state index in [9.17, 15) is 41.9 Å². The minimum Gasteiger partial charge on any atom is -0.448 e. The number of nitrogens with zero attached hydrogens (tertiary/aromatic N) is 2. The Morgan fingerprint density at radius 2 is 1.63 bits per heavy atom. The maximum absolute atomic E-state index is 14.4. The summed E-state index contributed by atoms with van der Waals surface area (Å²) in [4.78, 5) is 82.9. The summed E-state index contributed by atoms with van der Waals surface area (Å²) in [7, 11) is 0. The predicted molar refractivity (Wildman–Crippen MR) is 187 cm³/mol. The molecule has 0 bridgehead atoms. The maximum atomic E-state index is 14.4. The molecule has 2 aliphatic heterocycles. The summed E-state index contributed by atoms with van der Waals surface area (Å²) in [5.41, 5.74) is -1.59. The van der Waals surface area contributed by atoms with Crippen LogP contribution >= 0.6 is 0 Å². The first-order chi connectivity index (χ1) is 23.9. The standard InChI is InChI=1S/C36H57F3N6O7/c1-10-16-40-29(48)26(46)22(14-12-11-13-15-36(37,38)39)41-28(47)25-24-21(35(24,8)9)19-45(25)30(49)27(34(5,6)7)43-31(50)42-23(33(2,3)4)20-44-17-18-52-32(44)51/h10,21-25,27H,1,11-20H2,2-9H3,(H,40,48)(H,41,47)(H2,42,43,50)/t21-,22?,23+,24-,25-,27+/m0/s1. The quantitative estimate of drug-likeness (QED) is 0.106. The largest absolute Gasteiger partial charge is 0.448 e. The number of likely N-dealkylation sites (tertiary alicyclic amines) is 1. The minimum atomic E-state index is -4.32. The maximum Gasteiger partial charge on any atom is 0.410 e. The average molecular weight is 743 g/mol. The first-order valence-electron chi connectivity index (χ1n) is 18.0. The second-order valence-electron chi connectivity index (χ2n) is 16.9. The van der Waals surface area contributed by atoms with Gasteiger partial charge in [0.05, 0.1) is 18.6 Å². The Morgan fingerprint density at radius 3 is 2.17 bits per heavy atom. The summed E-state index contributed by atoms with van der Waals surface area (Å²) >= 11 is 0. The Morgan fingerprint density at radius 1 is 0.981 bits per heavy atom. The zero-order chi connectivity index (χ0) is 39.4. The lowest BCUT2D eigenvalue weighted by atomic mass is 9.85. The fraction of sp³-hybridized carbons (Fsp3) is 0.778. The normalized spacial score (nSPS) is 22.8. The van der Waals surface area contributed by atoms with E-state index in [0.29, 0.717) is 6.54 Å². The molecule has 0 aromatic carbocycles. The van der Waals surface area contributed by atoms with Gasteiger partial charge in [0, 0.05) is 26.1 Å². The molecule has 6 atom stereocenters. The SMILES string of the molecule is C=CCNC(=O)C(=O)C(CCCCCC(F)(F)F)NC(=O)[C@@H]1[C@@H]2[C@H](CN1C(=O)[C@@H](NC(=O)N[C@H](CN1CCOC1=O)C(C)(C)C)C(C)(C)C)C2(C)C. The molecule has 2 saturated heterocycles. The van der Waals surface area contributed by atoms with Crippen molar-refractivity contribution in [2.24, 2.45) is 28.1 Å². The monoisotopic (exact) mass is 742 g/mol.